The van der Waals surface area contributed by atoms with Gasteiger partial charge in [-0.3, -0.25) is 0 Å². The van der Waals surface area contributed by atoms with E-state index in [1.54, 1.807) is 0 Å². The second-order valence-corrected chi connectivity index (χ2v) is 8.58. The van der Waals surface area contributed by atoms with E-state index in [1.165, 1.54) is 28.2 Å². The number of morpholine rings is 1. The molecule has 1 unspecified atom stereocenters. The van der Waals surface area contributed by atoms with Crippen LogP contribution in [-0.4, -0.2) is 51.5 Å². The Morgan fingerprint density at radius 2 is 2.21 bits per heavy atom. The van der Waals surface area contributed by atoms with Crippen LogP contribution in [0.2, 0.25) is 0 Å². The van der Waals surface area contributed by atoms with Crippen molar-refractivity contribution in [2.24, 2.45) is 0 Å². The number of rotatable bonds is 4. The lowest BCUT2D eigenvalue weighted by atomic mass is 10.1. The van der Waals surface area contributed by atoms with Crippen LogP contribution in [0.5, 0.6) is 0 Å². The molecule has 0 N–H and O–H groups in total. The third kappa shape index (κ3) is 3.43. The first kappa shape index (κ1) is 19.0. The summed E-state index contributed by atoms with van der Waals surface area (Å²) in [7, 11) is 0. The topological polar surface area (TPSA) is 65.3 Å². The van der Waals surface area contributed by atoms with Crippen molar-refractivity contribution in [1.29, 1.82) is 0 Å². The molecule has 3 aromatic rings. The fraction of sp³-hybridized carbons (Fsp3) is 0.571. The summed E-state index contributed by atoms with van der Waals surface area (Å²) < 4.78 is 19.6. The van der Waals surface area contributed by atoms with Gasteiger partial charge >= 0.3 is 0 Å². The zero-order chi connectivity index (χ0) is 19.8. The molecular formula is C21H27N5O2S. The van der Waals surface area contributed by atoms with E-state index in [2.05, 4.69) is 29.9 Å². The zero-order valence-corrected chi connectivity index (χ0v) is 17.8. The van der Waals surface area contributed by atoms with Crippen LogP contribution in [0.4, 0.5) is 5.82 Å². The van der Waals surface area contributed by atoms with Crippen molar-refractivity contribution in [3.05, 3.63) is 23.9 Å². The highest BCUT2D eigenvalue weighted by atomic mass is 32.1. The lowest BCUT2D eigenvalue weighted by Crippen LogP contribution is -2.44. The third-order valence-electron chi connectivity index (χ3n) is 5.87. The molecule has 5 rings (SSSR count). The molecule has 8 heteroatoms. The predicted octanol–water partition coefficient (Wildman–Crippen LogP) is 4.04. The molecule has 0 saturated carbocycles. The van der Waals surface area contributed by atoms with E-state index in [9.17, 15) is 0 Å². The number of hydrogen-bond donors (Lipinski definition) is 0. The molecule has 0 amide bonds. The Morgan fingerprint density at radius 1 is 1.28 bits per heavy atom. The summed E-state index contributed by atoms with van der Waals surface area (Å²) in [6.07, 6.45) is 6.05. The second-order valence-electron chi connectivity index (χ2n) is 7.80. The first-order valence-corrected chi connectivity index (χ1v) is 11.3. The standard InChI is InChI=1S/C21H27N5O2S/c1-3-15-12-17(25-9-11-27-13-14(25)2)23-20-19(24-29-21(15)20)16-7-8-22-26(16)18-6-4-5-10-28-18/h7-8,12,14,18H,3-6,9-11,13H2,1-2H3/t14-,18?/m1/s1. The highest BCUT2D eigenvalue weighted by Crippen LogP contribution is 2.36. The van der Waals surface area contributed by atoms with Crippen molar-refractivity contribution < 1.29 is 9.47 Å². The van der Waals surface area contributed by atoms with Crippen molar-refractivity contribution in [3.8, 4) is 11.4 Å². The summed E-state index contributed by atoms with van der Waals surface area (Å²) in [5.41, 5.74) is 4.17. The number of fused-ring (bicyclic) bond motifs is 1. The molecule has 2 aliphatic rings. The normalized spacial score (nSPS) is 23.0. The van der Waals surface area contributed by atoms with Gasteiger partial charge in [0.1, 0.15) is 17.0 Å². The Hall–Kier alpha value is -2.03. The molecule has 7 nitrogen and oxygen atoms in total. The first-order valence-electron chi connectivity index (χ1n) is 10.6. The zero-order valence-electron chi connectivity index (χ0n) is 17.0. The average molecular weight is 414 g/mol. The van der Waals surface area contributed by atoms with Gasteiger partial charge in [0.15, 0.2) is 6.23 Å². The molecule has 154 valence electrons. The van der Waals surface area contributed by atoms with Gasteiger partial charge in [0.2, 0.25) is 0 Å². The monoisotopic (exact) mass is 413 g/mol. The SMILES string of the molecule is CCc1cc(N2CCOC[C@H]2C)nc2c(-c3ccnn3C3CCCCO3)nsc12. The smallest absolute Gasteiger partial charge is 0.150 e. The molecule has 0 spiro atoms. The van der Waals surface area contributed by atoms with Gasteiger partial charge in [-0.15, -0.1) is 0 Å². The molecule has 2 saturated heterocycles. The van der Waals surface area contributed by atoms with E-state index in [-0.39, 0.29) is 6.23 Å². The largest absolute Gasteiger partial charge is 0.377 e. The Balaban J connectivity index is 1.61. The van der Waals surface area contributed by atoms with E-state index >= 15 is 0 Å². The van der Waals surface area contributed by atoms with Gasteiger partial charge in [0, 0.05) is 19.3 Å². The molecule has 29 heavy (non-hydrogen) atoms. The van der Waals surface area contributed by atoms with Gasteiger partial charge < -0.3 is 14.4 Å². The Labute approximate surface area is 174 Å². The van der Waals surface area contributed by atoms with Crippen LogP contribution >= 0.6 is 11.5 Å². The molecular weight excluding hydrogens is 386 g/mol. The predicted molar refractivity (Wildman–Crippen MR) is 114 cm³/mol. The van der Waals surface area contributed by atoms with E-state index < -0.39 is 0 Å². The molecule has 2 atom stereocenters. The summed E-state index contributed by atoms with van der Waals surface area (Å²) >= 11 is 1.54. The third-order valence-corrected chi connectivity index (χ3v) is 6.79. The number of aryl methyl sites for hydroxylation is 1. The van der Waals surface area contributed by atoms with Gasteiger partial charge in [-0.25, -0.2) is 9.67 Å². The molecule has 0 aliphatic carbocycles. The van der Waals surface area contributed by atoms with Crippen LogP contribution in [-0.2, 0) is 15.9 Å². The minimum absolute atomic E-state index is 0.0152. The van der Waals surface area contributed by atoms with E-state index in [0.29, 0.717) is 6.04 Å². The van der Waals surface area contributed by atoms with Gasteiger partial charge in [-0.2, -0.15) is 9.47 Å². The number of anilines is 1. The molecule has 0 aromatic carbocycles. The molecule has 0 radical (unpaired) electrons. The molecule has 2 fully saturated rings. The Bertz CT molecular complexity index is 994. The summed E-state index contributed by atoms with van der Waals surface area (Å²) in [5, 5.41) is 4.57. The minimum atomic E-state index is -0.0152. The molecule has 3 aromatic heterocycles. The van der Waals surface area contributed by atoms with Gasteiger partial charge in [0.25, 0.3) is 0 Å². The lowest BCUT2D eigenvalue weighted by molar-refractivity contribution is -0.0383. The maximum absolute atomic E-state index is 5.98. The van der Waals surface area contributed by atoms with E-state index in [0.717, 1.165) is 68.4 Å². The van der Waals surface area contributed by atoms with Crippen LogP contribution in [0.3, 0.4) is 0 Å². The maximum atomic E-state index is 5.98. The number of aromatic nitrogens is 4. The fourth-order valence-electron chi connectivity index (χ4n) is 4.26. The highest BCUT2D eigenvalue weighted by Gasteiger charge is 2.25. The van der Waals surface area contributed by atoms with Crippen molar-refractivity contribution in [2.75, 3.05) is 31.3 Å². The lowest BCUT2D eigenvalue weighted by Gasteiger charge is -2.34. The number of pyridine rings is 1. The summed E-state index contributed by atoms with van der Waals surface area (Å²) in [5.74, 6) is 1.02. The van der Waals surface area contributed by atoms with Crippen molar-refractivity contribution in [1.82, 2.24) is 19.1 Å². The maximum Gasteiger partial charge on any atom is 0.150 e. The number of hydrogen-bond acceptors (Lipinski definition) is 7. The molecule has 0 bridgehead atoms. The summed E-state index contributed by atoms with van der Waals surface area (Å²) in [4.78, 5) is 7.45. The number of nitrogens with zero attached hydrogens (tertiary/aromatic N) is 5. The summed E-state index contributed by atoms with van der Waals surface area (Å²) in [6, 6.07) is 4.58. The molecule has 5 heterocycles. The van der Waals surface area contributed by atoms with Crippen LogP contribution in [0.25, 0.3) is 21.6 Å². The molecule has 2 aliphatic heterocycles. The van der Waals surface area contributed by atoms with Crippen molar-refractivity contribution in [2.45, 2.75) is 51.8 Å². The van der Waals surface area contributed by atoms with Gasteiger partial charge in [-0.05, 0) is 61.8 Å². The van der Waals surface area contributed by atoms with Crippen LogP contribution < -0.4 is 4.90 Å². The first-order chi connectivity index (χ1) is 14.3. The Kier molecular flexibility index (Phi) is 5.24. The van der Waals surface area contributed by atoms with Crippen LogP contribution in [0, 0.1) is 0 Å². The van der Waals surface area contributed by atoms with Crippen molar-refractivity contribution >= 4 is 27.6 Å². The van der Waals surface area contributed by atoms with E-state index in [4.69, 9.17) is 18.8 Å². The fourth-order valence-corrected chi connectivity index (χ4v) is 5.17. The van der Waals surface area contributed by atoms with Crippen LogP contribution in [0.15, 0.2) is 18.3 Å². The van der Waals surface area contributed by atoms with Crippen molar-refractivity contribution in [3.63, 3.8) is 0 Å². The highest BCUT2D eigenvalue weighted by molar-refractivity contribution is 7.13. The average Bonchev–Trinajstić information content (AvgIpc) is 3.40. The summed E-state index contributed by atoms with van der Waals surface area (Å²) in [6.45, 7) is 7.52. The van der Waals surface area contributed by atoms with Gasteiger partial charge in [-0.1, -0.05) is 6.92 Å². The van der Waals surface area contributed by atoms with Crippen LogP contribution in [0.1, 0.15) is 44.9 Å². The second kappa shape index (κ2) is 8.01. The minimum Gasteiger partial charge on any atom is -0.377 e. The quantitative estimate of drug-likeness (QED) is 0.643. The number of ether oxygens (including phenoxy) is 2. The van der Waals surface area contributed by atoms with E-state index in [1.807, 2.05) is 16.9 Å². The Morgan fingerprint density at radius 3 is 3.00 bits per heavy atom. The van der Waals surface area contributed by atoms with Gasteiger partial charge in [0.05, 0.1) is 29.6 Å².